The van der Waals surface area contributed by atoms with Crippen LogP contribution in [0.25, 0.3) is 6.08 Å². The van der Waals surface area contributed by atoms with Crippen LogP contribution in [0, 0.1) is 0 Å². The van der Waals surface area contributed by atoms with Gasteiger partial charge in [0.05, 0.1) is 32.1 Å². The second-order valence-electron chi connectivity index (χ2n) is 16.2. The second kappa shape index (κ2) is 35.8. The number of rotatable bonds is 36. The molecule has 0 saturated heterocycles. The molecule has 0 bridgehead atoms. The van der Waals surface area contributed by atoms with Crippen LogP contribution in [0.4, 0.5) is 0 Å². The number of unbranched alkanes of at least 4 members (excludes halogenated alkanes) is 30. The highest BCUT2D eigenvalue weighted by Gasteiger charge is 2.13. The largest absolute Gasteiger partial charge is 0.744 e. The van der Waals surface area contributed by atoms with Gasteiger partial charge in [0, 0.05) is 0 Å². The van der Waals surface area contributed by atoms with Gasteiger partial charge in [0.2, 0.25) is 0 Å². The van der Waals surface area contributed by atoms with Crippen LogP contribution in [-0.4, -0.2) is 44.6 Å². The standard InChI is InChI=1S/C38H80N.C8H8O3S/c1-5-7-9-11-13-15-17-19-21-23-25-27-29-31-33-35-37-39(3,4)38-36-34-32-30-28-26-24-22-20-18-16-14-12-10-8-6-2;1-2-7-5-3-4-6-8(7)12(9,10)11/h5-38H2,1-4H3;2-6H,1H2,(H,9,10,11)/q+1;/p-1. The predicted octanol–water partition coefficient (Wildman–Crippen LogP) is 14.8. The highest BCUT2D eigenvalue weighted by Crippen LogP contribution is 2.17. The fourth-order valence-electron chi connectivity index (χ4n) is 7.16. The third-order valence-electron chi connectivity index (χ3n) is 10.6. The zero-order valence-corrected chi connectivity index (χ0v) is 35.5. The van der Waals surface area contributed by atoms with Crippen molar-refractivity contribution in [1.29, 1.82) is 0 Å². The molecule has 300 valence electrons. The second-order valence-corrected chi connectivity index (χ2v) is 17.5. The van der Waals surface area contributed by atoms with Gasteiger partial charge < -0.3 is 9.04 Å². The minimum absolute atomic E-state index is 0.222. The van der Waals surface area contributed by atoms with Crippen LogP contribution in [0.2, 0.25) is 0 Å². The molecule has 0 aliphatic rings. The van der Waals surface area contributed by atoms with Crippen molar-refractivity contribution in [3.63, 3.8) is 0 Å². The van der Waals surface area contributed by atoms with Crippen LogP contribution in [0.5, 0.6) is 0 Å². The maximum Gasteiger partial charge on any atom is 0.125 e. The molecule has 1 aromatic rings. The molecular formula is C46H87NO3S. The molecule has 0 saturated carbocycles. The van der Waals surface area contributed by atoms with Gasteiger partial charge in [0.15, 0.2) is 0 Å². The Kier molecular flexibility index (Phi) is 35.0. The first-order valence-corrected chi connectivity index (χ1v) is 23.6. The first-order chi connectivity index (χ1) is 24.7. The Balaban J connectivity index is 0.00000174. The van der Waals surface area contributed by atoms with Gasteiger partial charge in [-0.05, 0) is 37.3 Å². The fraction of sp³-hybridized carbons (Fsp3) is 0.826. The summed E-state index contributed by atoms with van der Waals surface area (Å²) in [6, 6.07) is 5.93. The predicted molar refractivity (Wildman–Crippen MR) is 225 cm³/mol. The molecule has 0 spiro atoms. The van der Waals surface area contributed by atoms with Crippen molar-refractivity contribution >= 4 is 16.2 Å². The van der Waals surface area contributed by atoms with E-state index in [4.69, 9.17) is 0 Å². The van der Waals surface area contributed by atoms with Crippen molar-refractivity contribution in [2.24, 2.45) is 0 Å². The van der Waals surface area contributed by atoms with E-state index in [0.717, 1.165) is 0 Å². The zero-order chi connectivity index (χ0) is 37.7. The Hall–Kier alpha value is -1.17. The molecule has 0 fully saturated rings. The van der Waals surface area contributed by atoms with E-state index in [0.29, 0.717) is 5.56 Å². The summed E-state index contributed by atoms with van der Waals surface area (Å²) >= 11 is 0. The summed E-state index contributed by atoms with van der Waals surface area (Å²) < 4.78 is 33.1. The van der Waals surface area contributed by atoms with Crippen LogP contribution in [0.3, 0.4) is 0 Å². The lowest BCUT2D eigenvalue weighted by Crippen LogP contribution is -2.41. The Bertz CT molecular complexity index is 952. The summed E-state index contributed by atoms with van der Waals surface area (Å²) in [6.07, 6.45) is 48.3. The van der Waals surface area contributed by atoms with Crippen LogP contribution in [0.15, 0.2) is 35.7 Å². The van der Waals surface area contributed by atoms with Gasteiger partial charge in [-0.1, -0.05) is 224 Å². The normalized spacial score (nSPS) is 11.8. The fourth-order valence-corrected chi connectivity index (χ4v) is 7.85. The molecule has 0 N–H and O–H groups in total. The quantitative estimate of drug-likeness (QED) is 0.0392. The molecule has 1 rings (SSSR count). The van der Waals surface area contributed by atoms with E-state index in [9.17, 15) is 13.0 Å². The molecule has 5 heteroatoms. The number of hydrogen-bond donors (Lipinski definition) is 0. The number of nitrogens with zero attached hydrogens (tertiary/aromatic N) is 1. The maximum absolute atomic E-state index is 10.6. The molecule has 4 nitrogen and oxygen atoms in total. The molecule has 0 aliphatic heterocycles. The van der Waals surface area contributed by atoms with E-state index in [1.54, 1.807) is 6.07 Å². The van der Waals surface area contributed by atoms with Gasteiger partial charge in [-0.25, -0.2) is 8.42 Å². The van der Waals surface area contributed by atoms with E-state index in [2.05, 4.69) is 34.5 Å². The smallest absolute Gasteiger partial charge is 0.125 e. The van der Waals surface area contributed by atoms with Gasteiger partial charge in [0.25, 0.3) is 0 Å². The van der Waals surface area contributed by atoms with E-state index < -0.39 is 10.1 Å². The summed E-state index contributed by atoms with van der Waals surface area (Å²) in [5, 5.41) is 0. The lowest BCUT2D eigenvalue weighted by Gasteiger charge is -2.30. The van der Waals surface area contributed by atoms with Crippen molar-refractivity contribution < 1.29 is 17.5 Å². The molecule has 1 aromatic carbocycles. The highest BCUT2D eigenvalue weighted by molar-refractivity contribution is 7.85. The summed E-state index contributed by atoms with van der Waals surface area (Å²) in [5.74, 6) is 0. The molecular weight excluding hydrogens is 647 g/mol. The third kappa shape index (κ3) is 34.4. The summed E-state index contributed by atoms with van der Waals surface area (Å²) in [5.41, 5.74) is 0.340. The Morgan fingerprint density at radius 1 is 0.490 bits per heavy atom. The van der Waals surface area contributed by atoms with Gasteiger partial charge in [-0.2, -0.15) is 0 Å². The Morgan fingerprint density at radius 2 is 0.745 bits per heavy atom. The van der Waals surface area contributed by atoms with Crippen molar-refractivity contribution in [2.75, 3.05) is 27.2 Å². The maximum atomic E-state index is 10.6. The summed E-state index contributed by atoms with van der Waals surface area (Å²) in [4.78, 5) is -0.222. The van der Waals surface area contributed by atoms with Crippen LogP contribution < -0.4 is 0 Å². The van der Waals surface area contributed by atoms with Gasteiger partial charge in [-0.3, -0.25) is 0 Å². The molecule has 51 heavy (non-hydrogen) atoms. The Labute approximate surface area is 320 Å². The van der Waals surface area contributed by atoms with E-state index in [1.807, 2.05) is 0 Å². The number of hydrogen-bond acceptors (Lipinski definition) is 3. The van der Waals surface area contributed by atoms with Crippen molar-refractivity contribution in [3.8, 4) is 0 Å². The number of quaternary nitrogens is 1. The average Bonchev–Trinajstić information content (AvgIpc) is 3.11. The molecule has 0 heterocycles. The molecule has 0 unspecified atom stereocenters. The van der Waals surface area contributed by atoms with Gasteiger partial charge in [0.1, 0.15) is 10.1 Å². The monoisotopic (exact) mass is 734 g/mol. The molecule has 0 radical (unpaired) electrons. The minimum atomic E-state index is -4.37. The minimum Gasteiger partial charge on any atom is -0.744 e. The molecule has 0 atom stereocenters. The number of benzene rings is 1. The lowest BCUT2D eigenvalue weighted by atomic mass is 10.0. The van der Waals surface area contributed by atoms with Gasteiger partial charge >= 0.3 is 0 Å². The van der Waals surface area contributed by atoms with Crippen LogP contribution in [-0.2, 0) is 10.1 Å². The zero-order valence-electron chi connectivity index (χ0n) is 34.7. The summed E-state index contributed by atoms with van der Waals surface area (Å²) in [7, 11) is 0.570. The SMILES string of the molecule is C=Cc1ccccc1S(=O)(=O)[O-].CCCCCCCCCCCCCCCCCC[N+](C)(C)CCCCCCCCCCCCCCCCCC. The first-order valence-electron chi connectivity index (χ1n) is 22.2. The molecule has 0 aromatic heterocycles. The first kappa shape index (κ1) is 49.8. The lowest BCUT2D eigenvalue weighted by molar-refractivity contribution is -0.890. The Morgan fingerprint density at radius 3 is 0.980 bits per heavy atom. The van der Waals surface area contributed by atoms with E-state index in [-0.39, 0.29) is 4.90 Å². The van der Waals surface area contributed by atoms with E-state index in [1.165, 1.54) is 247 Å². The van der Waals surface area contributed by atoms with Crippen molar-refractivity contribution in [3.05, 3.63) is 36.4 Å². The van der Waals surface area contributed by atoms with Crippen LogP contribution in [0.1, 0.15) is 225 Å². The van der Waals surface area contributed by atoms with Crippen LogP contribution >= 0.6 is 0 Å². The molecule has 0 aliphatic carbocycles. The summed E-state index contributed by atoms with van der Waals surface area (Å²) in [6.45, 7) is 10.8. The van der Waals surface area contributed by atoms with Crippen molar-refractivity contribution in [1.82, 2.24) is 0 Å². The third-order valence-corrected chi connectivity index (χ3v) is 11.6. The highest BCUT2D eigenvalue weighted by atomic mass is 32.2. The van der Waals surface area contributed by atoms with E-state index >= 15 is 0 Å². The topological polar surface area (TPSA) is 57.2 Å². The average molecular weight is 734 g/mol. The van der Waals surface area contributed by atoms with Gasteiger partial charge in [-0.15, -0.1) is 0 Å². The molecule has 0 amide bonds. The van der Waals surface area contributed by atoms with Crippen molar-refractivity contribution in [2.45, 2.75) is 224 Å².